The maximum atomic E-state index is 5.68. The van der Waals surface area contributed by atoms with E-state index >= 15 is 0 Å². The molecular weight excluding hydrogens is 226 g/mol. The Morgan fingerprint density at radius 3 is 2.61 bits per heavy atom. The Bertz CT molecular complexity index is 643. The van der Waals surface area contributed by atoms with Gasteiger partial charge in [0.25, 0.3) is 0 Å². The Balaban J connectivity index is 2.10. The van der Waals surface area contributed by atoms with Crippen LogP contribution in [0, 0.1) is 0 Å². The molecule has 3 aromatic rings. The van der Waals surface area contributed by atoms with Crippen molar-refractivity contribution in [2.45, 2.75) is 0 Å². The minimum atomic E-state index is 0.732. The van der Waals surface area contributed by atoms with Gasteiger partial charge in [0.15, 0.2) is 0 Å². The summed E-state index contributed by atoms with van der Waals surface area (Å²) in [5, 5.41) is 7.12. The Hall–Kier alpha value is -2.69. The van der Waals surface area contributed by atoms with Gasteiger partial charge in [0.1, 0.15) is 5.69 Å². The molecule has 0 aliphatic heterocycles. The van der Waals surface area contributed by atoms with E-state index in [1.165, 1.54) is 0 Å². The summed E-state index contributed by atoms with van der Waals surface area (Å²) in [6.07, 6.45) is 6.84. The van der Waals surface area contributed by atoms with E-state index < -0.39 is 0 Å². The van der Waals surface area contributed by atoms with Gasteiger partial charge in [-0.25, -0.2) is 0 Å². The number of hydrogen-bond acceptors (Lipinski definition) is 4. The van der Waals surface area contributed by atoms with E-state index in [4.69, 9.17) is 5.73 Å². The van der Waals surface area contributed by atoms with E-state index in [1.807, 2.05) is 30.5 Å². The van der Waals surface area contributed by atoms with Crippen LogP contribution in [-0.4, -0.2) is 20.2 Å². The van der Waals surface area contributed by atoms with Gasteiger partial charge in [-0.2, -0.15) is 5.10 Å². The second kappa shape index (κ2) is 4.29. The number of rotatable bonds is 2. The highest BCUT2D eigenvalue weighted by molar-refractivity contribution is 5.78. The van der Waals surface area contributed by atoms with Gasteiger partial charge >= 0.3 is 0 Å². The van der Waals surface area contributed by atoms with Crippen LogP contribution in [0.3, 0.4) is 0 Å². The fourth-order valence-corrected chi connectivity index (χ4v) is 1.78. The first-order valence-electron chi connectivity index (χ1n) is 5.50. The van der Waals surface area contributed by atoms with E-state index in [0.717, 1.165) is 28.2 Å². The summed E-state index contributed by atoms with van der Waals surface area (Å²) in [7, 11) is 0. The summed E-state index contributed by atoms with van der Waals surface area (Å²) >= 11 is 0. The molecule has 2 aromatic heterocycles. The van der Waals surface area contributed by atoms with Crippen molar-refractivity contribution in [1.82, 2.24) is 20.2 Å². The lowest BCUT2D eigenvalue weighted by Gasteiger charge is -2.02. The van der Waals surface area contributed by atoms with Crippen molar-refractivity contribution in [2.24, 2.45) is 0 Å². The van der Waals surface area contributed by atoms with Crippen molar-refractivity contribution < 1.29 is 0 Å². The lowest BCUT2D eigenvalue weighted by Crippen LogP contribution is -1.88. The van der Waals surface area contributed by atoms with Gasteiger partial charge in [0.2, 0.25) is 0 Å². The summed E-state index contributed by atoms with van der Waals surface area (Å²) in [6.45, 7) is 0. The number of H-pyrrole nitrogens is 1. The van der Waals surface area contributed by atoms with Crippen LogP contribution < -0.4 is 5.73 Å². The van der Waals surface area contributed by atoms with Gasteiger partial charge < -0.3 is 5.73 Å². The molecule has 0 saturated carbocycles. The second-order valence-electron chi connectivity index (χ2n) is 3.86. The topological polar surface area (TPSA) is 80.5 Å². The number of aromatic nitrogens is 4. The smallest absolute Gasteiger partial charge is 0.101 e. The number of nitrogens with one attached hydrogen (secondary N) is 1. The molecule has 1 aromatic carbocycles. The zero-order valence-corrected chi connectivity index (χ0v) is 9.54. The highest BCUT2D eigenvalue weighted by Gasteiger charge is 2.11. The van der Waals surface area contributed by atoms with Crippen molar-refractivity contribution in [3.05, 3.63) is 49.1 Å². The Morgan fingerprint density at radius 1 is 1.06 bits per heavy atom. The lowest BCUT2D eigenvalue weighted by molar-refractivity contribution is 1.10. The average molecular weight is 237 g/mol. The zero-order valence-electron chi connectivity index (χ0n) is 9.54. The zero-order chi connectivity index (χ0) is 12.4. The number of hydrogen-bond donors (Lipinski definition) is 2. The standard InChI is InChI=1S/C13H11N5/c14-10-3-1-9(2-4-10)13-11(7-17-18-13)12-8-15-5-6-16-12/h1-8H,14H2,(H,17,18). The van der Waals surface area contributed by atoms with Crippen LogP contribution in [0.25, 0.3) is 22.5 Å². The SMILES string of the molecule is Nc1ccc(-c2n[nH]cc2-c2cnccn2)cc1. The van der Waals surface area contributed by atoms with Crippen molar-refractivity contribution in [1.29, 1.82) is 0 Å². The highest BCUT2D eigenvalue weighted by atomic mass is 15.1. The second-order valence-corrected chi connectivity index (χ2v) is 3.86. The van der Waals surface area contributed by atoms with Crippen LogP contribution in [0.2, 0.25) is 0 Å². The van der Waals surface area contributed by atoms with Crippen LogP contribution >= 0.6 is 0 Å². The van der Waals surface area contributed by atoms with Crippen LogP contribution in [0.5, 0.6) is 0 Å². The van der Waals surface area contributed by atoms with Gasteiger partial charge in [-0.3, -0.25) is 15.1 Å². The van der Waals surface area contributed by atoms with Gasteiger partial charge in [-0.1, -0.05) is 12.1 Å². The molecule has 0 spiro atoms. The number of nitrogen functional groups attached to an aromatic ring is 1. The number of nitrogens with zero attached hydrogens (tertiary/aromatic N) is 3. The van der Waals surface area contributed by atoms with E-state index in [9.17, 15) is 0 Å². The maximum absolute atomic E-state index is 5.68. The minimum Gasteiger partial charge on any atom is -0.399 e. The summed E-state index contributed by atoms with van der Waals surface area (Å²) < 4.78 is 0. The quantitative estimate of drug-likeness (QED) is 0.669. The molecule has 0 radical (unpaired) electrons. The molecule has 2 heterocycles. The molecule has 5 heteroatoms. The number of benzene rings is 1. The Labute approximate surface area is 104 Å². The van der Waals surface area contributed by atoms with Crippen LogP contribution in [0.1, 0.15) is 0 Å². The highest BCUT2D eigenvalue weighted by Crippen LogP contribution is 2.28. The first-order chi connectivity index (χ1) is 8.84. The predicted molar refractivity (Wildman–Crippen MR) is 69.5 cm³/mol. The molecule has 0 amide bonds. The normalized spacial score (nSPS) is 10.4. The van der Waals surface area contributed by atoms with Crippen LogP contribution in [0.15, 0.2) is 49.1 Å². The monoisotopic (exact) mass is 237 g/mol. The fraction of sp³-hybridized carbons (Fsp3) is 0. The molecule has 18 heavy (non-hydrogen) atoms. The molecule has 0 atom stereocenters. The van der Waals surface area contributed by atoms with Gasteiger partial charge in [-0.15, -0.1) is 0 Å². The molecule has 0 aliphatic rings. The maximum Gasteiger partial charge on any atom is 0.101 e. The third-order valence-corrected chi connectivity index (χ3v) is 2.66. The summed E-state index contributed by atoms with van der Waals surface area (Å²) in [5.74, 6) is 0. The summed E-state index contributed by atoms with van der Waals surface area (Å²) in [4.78, 5) is 8.34. The first kappa shape index (κ1) is 10.5. The molecule has 3 N–H and O–H groups in total. The van der Waals surface area contributed by atoms with E-state index in [0.29, 0.717) is 0 Å². The van der Waals surface area contributed by atoms with Crippen molar-refractivity contribution in [2.75, 3.05) is 5.73 Å². The number of nitrogens with two attached hydrogens (primary N) is 1. The third-order valence-electron chi connectivity index (χ3n) is 2.66. The molecule has 0 unspecified atom stereocenters. The van der Waals surface area contributed by atoms with Crippen LogP contribution in [0.4, 0.5) is 5.69 Å². The molecule has 5 nitrogen and oxygen atoms in total. The Kier molecular flexibility index (Phi) is 2.49. The van der Waals surface area contributed by atoms with Gasteiger partial charge in [0, 0.05) is 35.4 Å². The summed E-state index contributed by atoms with van der Waals surface area (Å²) in [5.41, 5.74) is 9.96. The van der Waals surface area contributed by atoms with Crippen molar-refractivity contribution in [3.63, 3.8) is 0 Å². The first-order valence-corrected chi connectivity index (χ1v) is 5.50. The molecule has 0 aliphatic carbocycles. The molecule has 88 valence electrons. The van der Waals surface area contributed by atoms with Crippen molar-refractivity contribution >= 4 is 5.69 Å². The van der Waals surface area contributed by atoms with Crippen molar-refractivity contribution in [3.8, 4) is 22.5 Å². The van der Waals surface area contributed by atoms with Gasteiger partial charge in [-0.05, 0) is 12.1 Å². The largest absolute Gasteiger partial charge is 0.399 e. The molecule has 3 rings (SSSR count). The third kappa shape index (κ3) is 1.82. The summed E-state index contributed by atoms with van der Waals surface area (Å²) in [6, 6.07) is 7.58. The number of anilines is 1. The molecule has 0 bridgehead atoms. The fourth-order valence-electron chi connectivity index (χ4n) is 1.78. The molecule has 0 fully saturated rings. The average Bonchev–Trinajstić information content (AvgIpc) is 2.90. The Morgan fingerprint density at radius 2 is 1.89 bits per heavy atom. The lowest BCUT2D eigenvalue weighted by atomic mass is 10.1. The van der Waals surface area contributed by atoms with E-state index in [1.54, 1.807) is 18.6 Å². The van der Waals surface area contributed by atoms with E-state index in [-0.39, 0.29) is 0 Å². The molecule has 0 saturated heterocycles. The molecular formula is C13H11N5. The predicted octanol–water partition coefficient (Wildman–Crippen LogP) is 2.12. The number of aromatic amines is 1. The van der Waals surface area contributed by atoms with Crippen LogP contribution in [-0.2, 0) is 0 Å². The minimum absolute atomic E-state index is 0.732. The van der Waals surface area contributed by atoms with E-state index in [2.05, 4.69) is 20.2 Å². The van der Waals surface area contributed by atoms with Gasteiger partial charge in [0.05, 0.1) is 11.9 Å².